The highest BCUT2D eigenvalue weighted by molar-refractivity contribution is 5.01. The summed E-state index contributed by atoms with van der Waals surface area (Å²) in [5.41, 5.74) is 0.108. The first kappa shape index (κ1) is 10.4. The lowest BCUT2D eigenvalue weighted by Gasteiger charge is -2.15. The largest absolute Gasteiger partial charge is 0.394 e. The minimum atomic E-state index is 0.108. The van der Waals surface area contributed by atoms with Gasteiger partial charge < -0.3 is 15.2 Å². The summed E-state index contributed by atoms with van der Waals surface area (Å²) in [6.07, 6.45) is 7.62. The molecule has 14 heavy (non-hydrogen) atoms. The van der Waals surface area contributed by atoms with Crippen LogP contribution in [0.2, 0.25) is 0 Å². The second-order valence-electron chi connectivity index (χ2n) is 4.64. The van der Waals surface area contributed by atoms with Crippen molar-refractivity contribution in [3.63, 3.8) is 0 Å². The lowest BCUT2D eigenvalue weighted by atomic mass is 10.1. The number of hydrogen-bond donors (Lipinski definition) is 2. The first-order chi connectivity index (χ1) is 6.85. The lowest BCUT2D eigenvalue weighted by molar-refractivity contribution is 0.102. The van der Waals surface area contributed by atoms with Gasteiger partial charge in [-0.2, -0.15) is 0 Å². The van der Waals surface area contributed by atoms with Crippen LogP contribution in [0.5, 0.6) is 0 Å². The van der Waals surface area contributed by atoms with Gasteiger partial charge in [0.15, 0.2) is 0 Å². The van der Waals surface area contributed by atoms with Crippen LogP contribution < -0.4 is 5.32 Å². The minimum Gasteiger partial charge on any atom is -0.394 e. The second-order valence-corrected chi connectivity index (χ2v) is 4.64. The van der Waals surface area contributed by atoms with Crippen molar-refractivity contribution in [3.05, 3.63) is 0 Å². The van der Waals surface area contributed by atoms with Gasteiger partial charge in [0.1, 0.15) is 0 Å². The molecule has 0 aromatic rings. The van der Waals surface area contributed by atoms with Gasteiger partial charge in [-0.1, -0.05) is 0 Å². The molecule has 3 nitrogen and oxygen atoms in total. The third kappa shape index (κ3) is 2.69. The van der Waals surface area contributed by atoms with Gasteiger partial charge >= 0.3 is 0 Å². The van der Waals surface area contributed by atoms with Crippen molar-refractivity contribution in [2.45, 2.75) is 50.2 Å². The average Bonchev–Trinajstić information content (AvgIpc) is 2.81. The van der Waals surface area contributed by atoms with Crippen LogP contribution in [0, 0.1) is 0 Å². The minimum absolute atomic E-state index is 0.108. The van der Waals surface area contributed by atoms with Crippen molar-refractivity contribution in [1.82, 2.24) is 5.32 Å². The predicted molar refractivity (Wildman–Crippen MR) is 55.3 cm³/mol. The maximum atomic E-state index is 9.08. The molecule has 2 rings (SSSR count). The Hall–Kier alpha value is -0.120. The van der Waals surface area contributed by atoms with E-state index in [0.717, 1.165) is 26.0 Å². The molecular formula is C11H21NO2. The zero-order valence-corrected chi connectivity index (χ0v) is 8.80. The second kappa shape index (κ2) is 4.60. The molecular weight excluding hydrogens is 178 g/mol. The summed E-state index contributed by atoms with van der Waals surface area (Å²) in [6, 6.07) is 0. The fourth-order valence-electron chi connectivity index (χ4n) is 2.10. The number of rotatable bonds is 6. The topological polar surface area (TPSA) is 41.5 Å². The maximum Gasteiger partial charge on any atom is 0.0613 e. The highest BCUT2D eigenvalue weighted by atomic mass is 16.5. The molecule has 1 atom stereocenters. The van der Waals surface area contributed by atoms with Crippen molar-refractivity contribution < 1.29 is 9.84 Å². The van der Waals surface area contributed by atoms with E-state index in [1.54, 1.807) is 0 Å². The van der Waals surface area contributed by atoms with E-state index in [1.165, 1.54) is 25.7 Å². The Morgan fingerprint density at radius 2 is 2.29 bits per heavy atom. The molecule has 0 radical (unpaired) electrons. The van der Waals surface area contributed by atoms with E-state index < -0.39 is 0 Å². The summed E-state index contributed by atoms with van der Waals surface area (Å²) in [6.45, 7) is 2.28. The van der Waals surface area contributed by atoms with Crippen LogP contribution in [0.4, 0.5) is 0 Å². The SMILES string of the molecule is OCC1(NCCCC2CCCO2)CC1. The van der Waals surface area contributed by atoms with Crippen molar-refractivity contribution in [2.24, 2.45) is 0 Å². The molecule has 1 aliphatic heterocycles. The fraction of sp³-hybridized carbons (Fsp3) is 1.00. The smallest absolute Gasteiger partial charge is 0.0613 e. The molecule has 0 aromatic heterocycles. The molecule has 2 fully saturated rings. The predicted octanol–water partition coefficient (Wildman–Crippen LogP) is 1.06. The first-order valence-corrected chi connectivity index (χ1v) is 5.82. The van der Waals surface area contributed by atoms with E-state index in [0.29, 0.717) is 12.7 Å². The van der Waals surface area contributed by atoms with E-state index >= 15 is 0 Å². The number of hydrogen-bond acceptors (Lipinski definition) is 3. The van der Waals surface area contributed by atoms with E-state index in [2.05, 4.69) is 5.32 Å². The number of nitrogens with one attached hydrogen (secondary N) is 1. The summed E-state index contributed by atoms with van der Waals surface area (Å²) in [4.78, 5) is 0. The molecule has 2 aliphatic rings. The van der Waals surface area contributed by atoms with Crippen LogP contribution in [-0.4, -0.2) is 36.5 Å². The third-order valence-electron chi connectivity index (χ3n) is 3.38. The van der Waals surface area contributed by atoms with Gasteiger partial charge in [0.2, 0.25) is 0 Å². The van der Waals surface area contributed by atoms with Crippen molar-refractivity contribution in [1.29, 1.82) is 0 Å². The molecule has 0 amide bonds. The molecule has 0 bridgehead atoms. The monoisotopic (exact) mass is 199 g/mol. The van der Waals surface area contributed by atoms with E-state index in [-0.39, 0.29) is 5.54 Å². The normalized spacial score (nSPS) is 29.4. The third-order valence-corrected chi connectivity index (χ3v) is 3.38. The fourth-order valence-corrected chi connectivity index (χ4v) is 2.10. The quantitative estimate of drug-likeness (QED) is 0.629. The summed E-state index contributed by atoms with van der Waals surface area (Å²) in [7, 11) is 0. The Labute approximate surface area is 85.8 Å². The van der Waals surface area contributed by atoms with E-state index in [4.69, 9.17) is 9.84 Å². The van der Waals surface area contributed by atoms with Gasteiger partial charge in [0.05, 0.1) is 12.7 Å². The Kier molecular flexibility index (Phi) is 3.42. The standard InChI is InChI=1S/C11H21NO2/c13-9-11(5-6-11)12-7-1-3-10-4-2-8-14-10/h10,12-13H,1-9H2. The molecule has 82 valence electrons. The highest BCUT2D eigenvalue weighted by Crippen LogP contribution is 2.34. The van der Waals surface area contributed by atoms with E-state index in [1.807, 2.05) is 0 Å². The van der Waals surface area contributed by atoms with Gasteiger partial charge in [-0.15, -0.1) is 0 Å². The molecule has 0 aromatic carbocycles. The van der Waals surface area contributed by atoms with Crippen LogP contribution in [0.1, 0.15) is 38.5 Å². The summed E-state index contributed by atoms with van der Waals surface area (Å²) < 4.78 is 5.55. The van der Waals surface area contributed by atoms with Crippen molar-refractivity contribution in [2.75, 3.05) is 19.8 Å². The Bertz CT molecular complexity index is 174. The summed E-state index contributed by atoms with van der Waals surface area (Å²) in [5, 5.41) is 12.5. The van der Waals surface area contributed by atoms with Gasteiger partial charge in [0.25, 0.3) is 0 Å². The molecule has 3 heteroatoms. The number of aliphatic hydroxyl groups excluding tert-OH is 1. The maximum absolute atomic E-state index is 9.08. The summed E-state index contributed by atoms with van der Waals surface area (Å²) in [5.74, 6) is 0. The Balaban J connectivity index is 1.50. The Morgan fingerprint density at radius 3 is 2.86 bits per heavy atom. The van der Waals surface area contributed by atoms with Crippen LogP contribution in [0.15, 0.2) is 0 Å². The van der Waals surface area contributed by atoms with Crippen molar-refractivity contribution in [3.8, 4) is 0 Å². The van der Waals surface area contributed by atoms with Crippen LogP contribution in [-0.2, 0) is 4.74 Å². The molecule has 1 saturated heterocycles. The van der Waals surface area contributed by atoms with Crippen LogP contribution in [0.25, 0.3) is 0 Å². The molecule has 1 unspecified atom stereocenters. The molecule has 2 N–H and O–H groups in total. The molecule has 1 saturated carbocycles. The van der Waals surface area contributed by atoms with Crippen LogP contribution in [0.3, 0.4) is 0 Å². The molecule has 1 aliphatic carbocycles. The number of aliphatic hydroxyl groups is 1. The zero-order chi connectivity index (χ0) is 9.86. The van der Waals surface area contributed by atoms with Gasteiger partial charge in [0, 0.05) is 12.1 Å². The zero-order valence-electron chi connectivity index (χ0n) is 8.80. The highest BCUT2D eigenvalue weighted by Gasteiger charge is 2.41. The van der Waals surface area contributed by atoms with Gasteiger partial charge in [-0.3, -0.25) is 0 Å². The van der Waals surface area contributed by atoms with Gasteiger partial charge in [-0.25, -0.2) is 0 Å². The molecule has 0 spiro atoms. The van der Waals surface area contributed by atoms with Crippen molar-refractivity contribution >= 4 is 0 Å². The average molecular weight is 199 g/mol. The number of ether oxygens (including phenoxy) is 1. The first-order valence-electron chi connectivity index (χ1n) is 5.82. The molecule has 1 heterocycles. The van der Waals surface area contributed by atoms with E-state index in [9.17, 15) is 0 Å². The Morgan fingerprint density at radius 1 is 1.43 bits per heavy atom. The lowest BCUT2D eigenvalue weighted by Crippen LogP contribution is -2.35. The van der Waals surface area contributed by atoms with Gasteiger partial charge in [-0.05, 0) is 45.1 Å². The van der Waals surface area contributed by atoms with Crippen LogP contribution >= 0.6 is 0 Å². The summed E-state index contributed by atoms with van der Waals surface area (Å²) >= 11 is 0.